The maximum atomic E-state index is 12.4. The van der Waals surface area contributed by atoms with Gasteiger partial charge in [0.05, 0.1) is 14.2 Å². The Morgan fingerprint density at radius 1 is 1.00 bits per heavy atom. The van der Waals surface area contributed by atoms with E-state index in [0.717, 1.165) is 0 Å². The van der Waals surface area contributed by atoms with Crippen molar-refractivity contribution in [1.82, 2.24) is 4.98 Å². The lowest BCUT2D eigenvalue weighted by atomic mass is 10.2. The number of aromatic nitrogens is 1. The van der Waals surface area contributed by atoms with Crippen LogP contribution in [0.2, 0.25) is 0 Å². The molecule has 1 aromatic heterocycles. The highest BCUT2D eigenvalue weighted by Crippen LogP contribution is 2.28. The average molecular weight is 355 g/mol. The van der Waals surface area contributed by atoms with Gasteiger partial charge in [-0.05, 0) is 30.3 Å². The highest BCUT2D eigenvalue weighted by atomic mass is 16.5. The summed E-state index contributed by atoms with van der Waals surface area (Å²) in [4.78, 5) is 27.7. The van der Waals surface area contributed by atoms with Crippen molar-refractivity contribution in [2.45, 2.75) is 6.92 Å². The Morgan fingerprint density at radius 2 is 1.77 bits per heavy atom. The number of methoxy groups -OCH3 is 2. The Labute approximate surface area is 149 Å². The number of carbonyl (C=O) groups excluding carboxylic acids is 2. The van der Waals surface area contributed by atoms with E-state index in [4.69, 9.17) is 13.9 Å². The summed E-state index contributed by atoms with van der Waals surface area (Å²) in [5.41, 5.74) is 1.95. The molecule has 0 unspecified atom stereocenters. The molecule has 0 aliphatic rings. The number of carbonyl (C=O) groups is 2. The molecule has 0 aliphatic heterocycles. The minimum atomic E-state index is -0.403. The molecule has 8 heteroatoms. The van der Waals surface area contributed by atoms with E-state index in [1.54, 1.807) is 36.4 Å². The van der Waals surface area contributed by atoms with Crippen molar-refractivity contribution < 1.29 is 23.5 Å². The van der Waals surface area contributed by atoms with Gasteiger partial charge in [0.1, 0.15) is 5.52 Å². The summed E-state index contributed by atoms with van der Waals surface area (Å²) in [5, 5.41) is 5.25. The molecule has 1 heterocycles. The van der Waals surface area contributed by atoms with Gasteiger partial charge in [0.2, 0.25) is 5.91 Å². The van der Waals surface area contributed by atoms with E-state index in [1.807, 2.05) is 0 Å². The van der Waals surface area contributed by atoms with Gasteiger partial charge >= 0.3 is 6.01 Å². The van der Waals surface area contributed by atoms with Gasteiger partial charge in [-0.25, -0.2) is 0 Å². The Bertz CT molecular complexity index is 980. The maximum Gasteiger partial charge on any atom is 0.302 e. The summed E-state index contributed by atoms with van der Waals surface area (Å²) in [6, 6.07) is 9.89. The van der Waals surface area contributed by atoms with Crippen molar-refractivity contribution in [1.29, 1.82) is 0 Å². The largest absolute Gasteiger partial charge is 0.493 e. The zero-order chi connectivity index (χ0) is 18.7. The number of nitrogens with zero attached hydrogens (tertiary/aromatic N) is 1. The van der Waals surface area contributed by atoms with E-state index < -0.39 is 5.91 Å². The van der Waals surface area contributed by atoms with Gasteiger partial charge in [-0.3, -0.25) is 14.9 Å². The fraction of sp³-hybridized carbons (Fsp3) is 0.167. The third-order valence-corrected chi connectivity index (χ3v) is 3.57. The van der Waals surface area contributed by atoms with Gasteiger partial charge < -0.3 is 19.2 Å². The minimum absolute atomic E-state index is 0.0553. The van der Waals surface area contributed by atoms with Crippen LogP contribution in [-0.4, -0.2) is 31.0 Å². The Hall–Kier alpha value is -3.55. The predicted molar refractivity (Wildman–Crippen MR) is 95.8 cm³/mol. The standard InChI is InChI=1S/C18H17N3O5/c1-10(22)19-12-5-6-13-15(9-12)26-18(20-13)21-17(23)11-4-7-14(24-2)16(8-11)25-3/h4-9H,1-3H3,(H,19,22)(H,20,21,23). The van der Waals surface area contributed by atoms with Crippen LogP contribution in [0.25, 0.3) is 11.1 Å². The van der Waals surface area contributed by atoms with Gasteiger partial charge in [0.25, 0.3) is 5.91 Å². The molecule has 0 saturated heterocycles. The zero-order valence-electron chi connectivity index (χ0n) is 14.5. The topological polar surface area (TPSA) is 103 Å². The number of hydrogen-bond acceptors (Lipinski definition) is 6. The number of nitrogens with one attached hydrogen (secondary N) is 2. The molecule has 2 N–H and O–H groups in total. The number of benzene rings is 2. The van der Waals surface area contributed by atoms with E-state index in [2.05, 4.69) is 15.6 Å². The van der Waals surface area contributed by atoms with Crippen molar-refractivity contribution in [2.75, 3.05) is 24.9 Å². The Morgan fingerprint density at radius 3 is 2.46 bits per heavy atom. The molecule has 3 aromatic rings. The summed E-state index contributed by atoms with van der Waals surface area (Å²) in [7, 11) is 3.01. The van der Waals surface area contributed by atoms with Crippen LogP contribution < -0.4 is 20.1 Å². The summed E-state index contributed by atoms with van der Waals surface area (Å²) < 4.78 is 15.9. The molecule has 2 amide bonds. The third-order valence-electron chi connectivity index (χ3n) is 3.57. The van der Waals surface area contributed by atoms with Gasteiger partial charge in [0.15, 0.2) is 17.1 Å². The lowest BCUT2D eigenvalue weighted by Gasteiger charge is -2.08. The predicted octanol–water partition coefficient (Wildman–Crippen LogP) is 3.06. The second-order valence-electron chi connectivity index (χ2n) is 5.41. The number of rotatable bonds is 5. The molecular weight excluding hydrogens is 338 g/mol. The molecule has 8 nitrogen and oxygen atoms in total. The molecule has 0 fully saturated rings. The molecule has 0 aliphatic carbocycles. The van der Waals surface area contributed by atoms with E-state index in [0.29, 0.717) is 33.8 Å². The van der Waals surface area contributed by atoms with Crippen molar-refractivity contribution in [3.8, 4) is 11.5 Å². The highest BCUT2D eigenvalue weighted by molar-refractivity contribution is 6.04. The summed E-state index contributed by atoms with van der Waals surface area (Å²) in [5.74, 6) is 0.375. The number of oxazole rings is 1. The normalized spacial score (nSPS) is 10.4. The Balaban J connectivity index is 1.81. The SMILES string of the molecule is COc1ccc(C(=O)Nc2nc3ccc(NC(C)=O)cc3o2)cc1OC. The quantitative estimate of drug-likeness (QED) is 0.729. The highest BCUT2D eigenvalue weighted by Gasteiger charge is 2.14. The van der Waals surface area contributed by atoms with Crippen LogP contribution in [0, 0.1) is 0 Å². The molecular formula is C18H17N3O5. The first-order valence-electron chi connectivity index (χ1n) is 7.71. The number of ether oxygens (including phenoxy) is 2. The van der Waals surface area contributed by atoms with Crippen LogP contribution in [0.15, 0.2) is 40.8 Å². The van der Waals surface area contributed by atoms with Gasteiger partial charge in [-0.15, -0.1) is 0 Å². The lowest BCUT2D eigenvalue weighted by Crippen LogP contribution is -2.12. The second-order valence-corrected chi connectivity index (χ2v) is 5.41. The lowest BCUT2D eigenvalue weighted by molar-refractivity contribution is -0.114. The Kier molecular flexibility index (Phi) is 4.74. The molecule has 26 heavy (non-hydrogen) atoms. The minimum Gasteiger partial charge on any atom is -0.493 e. The molecule has 0 bridgehead atoms. The van der Waals surface area contributed by atoms with Gasteiger partial charge in [-0.1, -0.05) is 0 Å². The second kappa shape index (κ2) is 7.14. The first-order chi connectivity index (χ1) is 12.5. The van der Waals surface area contributed by atoms with Gasteiger partial charge in [-0.2, -0.15) is 4.98 Å². The fourth-order valence-electron chi connectivity index (χ4n) is 2.41. The molecule has 3 rings (SSSR count). The summed E-state index contributed by atoms with van der Waals surface area (Å²) in [6.07, 6.45) is 0. The first kappa shape index (κ1) is 17.3. The van der Waals surface area contributed by atoms with Crippen LogP contribution >= 0.6 is 0 Å². The number of fused-ring (bicyclic) bond motifs is 1. The van der Waals surface area contributed by atoms with E-state index in [1.165, 1.54) is 21.1 Å². The van der Waals surface area contributed by atoms with Crippen LogP contribution in [0.5, 0.6) is 11.5 Å². The first-order valence-corrected chi connectivity index (χ1v) is 7.71. The summed E-state index contributed by atoms with van der Waals surface area (Å²) in [6.45, 7) is 1.42. The molecule has 0 saturated carbocycles. The molecule has 2 aromatic carbocycles. The summed E-state index contributed by atoms with van der Waals surface area (Å²) >= 11 is 0. The van der Waals surface area contributed by atoms with Crippen LogP contribution in [0.4, 0.5) is 11.7 Å². The maximum absolute atomic E-state index is 12.4. The monoisotopic (exact) mass is 355 g/mol. The molecule has 0 radical (unpaired) electrons. The number of amides is 2. The van der Waals surface area contributed by atoms with Crippen molar-refractivity contribution in [3.63, 3.8) is 0 Å². The van der Waals surface area contributed by atoms with Crippen molar-refractivity contribution >= 4 is 34.6 Å². The number of anilines is 2. The third kappa shape index (κ3) is 3.59. The zero-order valence-corrected chi connectivity index (χ0v) is 14.5. The average Bonchev–Trinajstić information content (AvgIpc) is 3.01. The number of hydrogen-bond donors (Lipinski definition) is 2. The van der Waals surface area contributed by atoms with Crippen molar-refractivity contribution in [3.05, 3.63) is 42.0 Å². The van der Waals surface area contributed by atoms with Crippen LogP contribution in [0.3, 0.4) is 0 Å². The van der Waals surface area contributed by atoms with E-state index in [-0.39, 0.29) is 11.9 Å². The van der Waals surface area contributed by atoms with Crippen LogP contribution in [-0.2, 0) is 4.79 Å². The smallest absolute Gasteiger partial charge is 0.302 e. The van der Waals surface area contributed by atoms with E-state index >= 15 is 0 Å². The molecule has 134 valence electrons. The van der Waals surface area contributed by atoms with Gasteiger partial charge in [0, 0.05) is 24.2 Å². The van der Waals surface area contributed by atoms with Crippen molar-refractivity contribution in [2.24, 2.45) is 0 Å². The van der Waals surface area contributed by atoms with E-state index in [9.17, 15) is 9.59 Å². The molecule has 0 spiro atoms. The van der Waals surface area contributed by atoms with Crippen LogP contribution in [0.1, 0.15) is 17.3 Å². The fourth-order valence-corrected chi connectivity index (χ4v) is 2.41. The molecule has 0 atom stereocenters.